The molecule has 1 amide bonds. The van der Waals surface area contributed by atoms with Gasteiger partial charge in [-0.3, -0.25) is 14.3 Å². The molecule has 0 radical (unpaired) electrons. The van der Waals surface area contributed by atoms with Gasteiger partial charge in [0.2, 0.25) is 0 Å². The molecule has 1 saturated carbocycles. The molecule has 0 saturated heterocycles. The standard InChI is InChI=1S/C19H26N4O4/c1-6-26-19(25)16-8-14(16)9-23(10-15-7-11(2)22(5)20-15)18(24)17-12(3)21-27-13(17)4/h7,14,16H,6,8-10H2,1-5H3/t14-,16-/m0/s1. The lowest BCUT2D eigenvalue weighted by molar-refractivity contribution is -0.145. The van der Waals surface area contributed by atoms with Gasteiger partial charge < -0.3 is 14.2 Å². The number of aryl methyl sites for hydroxylation is 4. The number of nitrogens with zero attached hydrogens (tertiary/aromatic N) is 4. The fourth-order valence-electron chi connectivity index (χ4n) is 3.34. The molecule has 1 aliphatic rings. The highest BCUT2D eigenvalue weighted by atomic mass is 16.5. The Kier molecular flexibility index (Phi) is 5.34. The van der Waals surface area contributed by atoms with Gasteiger partial charge in [-0.2, -0.15) is 5.10 Å². The zero-order valence-electron chi connectivity index (χ0n) is 16.5. The molecule has 0 N–H and O–H groups in total. The van der Waals surface area contributed by atoms with Crippen LogP contribution in [0.5, 0.6) is 0 Å². The van der Waals surface area contributed by atoms with Crippen molar-refractivity contribution in [2.45, 2.75) is 40.7 Å². The Morgan fingerprint density at radius 1 is 1.37 bits per heavy atom. The van der Waals surface area contributed by atoms with Crippen molar-refractivity contribution >= 4 is 11.9 Å². The number of carbonyl (C=O) groups excluding carboxylic acids is 2. The van der Waals surface area contributed by atoms with Gasteiger partial charge in [0.1, 0.15) is 11.3 Å². The van der Waals surface area contributed by atoms with Gasteiger partial charge in [-0.1, -0.05) is 5.16 Å². The molecule has 0 aromatic carbocycles. The predicted octanol–water partition coefficient (Wildman–Crippen LogP) is 2.17. The second-order valence-corrected chi connectivity index (χ2v) is 7.14. The van der Waals surface area contributed by atoms with Crippen LogP contribution >= 0.6 is 0 Å². The fraction of sp³-hybridized carbons (Fsp3) is 0.579. The van der Waals surface area contributed by atoms with E-state index in [0.717, 1.165) is 17.8 Å². The first-order chi connectivity index (χ1) is 12.8. The Morgan fingerprint density at radius 2 is 2.11 bits per heavy atom. The van der Waals surface area contributed by atoms with Gasteiger partial charge in [-0.25, -0.2) is 0 Å². The van der Waals surface area contributed by atoms with E-state index in [1.807, 2.05) is 20.0 Å². The first-order valence-electron chi connectivity index (χ1n) is 9.20. The predicted molar refractivity (Wildman–Crippen MR) is 96.9 cm³/mol. The van der Waals surface area contributed by atoms with Gasteiger partial charge in [-0.05, 0) is 46.1 Å². The summed E-state index contributed by atoms with van der Waals surface area (Å²) in [5.74, 6) is 0.149. The Balaban J connectivity index is 1.79. The molecular weight excluding hydrogens is 348 g/mol. The van der Waals surface area contributed by atoms with Crippen LogP contribution < -0.4 is 0 Å². The molecule has 8 heteroatoms. The third-order valence-electron chi connectivity index (χ3n) is 5.02. The van der Waals surface area contributed by atoms with Crippen molar-refractivity contribution in [1.29, 1.82) is 0 Å². The summed E-state index contributed by atoms with van der Waals surface area (Å²) < 4.78 is 12.0. The van der Waals surface area contributed by atoms with Crippen molar-refractivity contribution in [3.8, 4) is 0 Å². The van der Waals surface area contributed by atoms with Gasteiger partial charge in [0.25, 0.3) is 5.91 Å². The Labute approximate surface area is 158 Å². The molecule has 0 aliphatic heterocycles. The number of carbonyl (C=O) groups is 2. The molecule has 2 aromatic rings. The summed E-state index contributed by atoms with van der Waals surface area (Å²) >= 11 is 0. The van der Waals surface area contributed by atoms with Crippen molar-refractivity contribution in [3.63, 3.8) is 0 Å². The third kappa shape index (κ3) is 4.04. The van der Waals surface area contributed by atoms with Gasteiger partial charge in [0.05, 0.1) is 30.5 Å². The van der Waals surface area contributed by atoms with E-state index in [1.54, 1.807) is 30.4 Å². The van der Waals surface area contributed by atoms with Gasteiger partial charge >= 0.3 is 5.97 Å². The van der Waals surface area contributed by atoms with Crippen LogP contribution in [0.2, 0.25) is 0 Å². The minimum atomic E-state index is -0.180. The topological polar surface area (TPSA) is 90.5 Å². The van der Waals surface area contributed by atoms with Crippen LogP contribution in [0.15, 0.2) is 10.6 Å². The third-order valence-corrected chi connectivity index (χ3v) is 5.02. The highest BCUT2D eigenvalue weighted by molar-refractivity contribution is 5.96. The summed E-state index contributed by atoms with van der Waals surface area (Å²) in [4.78, 5) is 26.9. The van der Waals surface area contributed by atoms with Gasteiger partial charge in [0, 0.05) is 19.3 Å². The normalized spacial score (nSPS) is 18.4. The van der Waals surface area contributed by atoms with Crippen LogP contribution in [0.4, 0.5) is 0 Å². The van der Waals surface area contributed by atoms with Gasteiger partial charge in [-0.15, -0.1) is 0 Å². The minimum Gasteiger partial charge on any atom is -0.466 e. The maximum Gasteiger partial charge on any atom is 0.309 e. The molecule has 146 valence electrons. The maximum absolute atomic E-state index is 13.2. The lowest BCUT2D eigenvalue weighted by atomic mass is 10.1. The summed E-state index contributed by atoms with van der Waals surface area (Å²) in [5, 5.41) is 8.35. The summed E-state index contributed by atoms with van der Waals surface area (Å²) in [7, 11) is 1.87. The van der Waals surface area contributed by atoms with Crippen molar-refractivity contribution in [3.05, 3.63) is 34.5 Å². The number of ether oxygens (including phenoxy) is 1. The molecule has 2 atom stereocenters. The van der Waals surface area contributed by atoms with Crippen molar-refractivity contribution in [2.24, 2.45) is 18.9 Å². The van der Waals surface area contributed by atoms with E-state index in [9.17, 15) is 9.59 Å². The van der Waals surface area contributed by atoms with Gasteiger partial charge in [0.15, 0.2) is 0 Å². The number of hydrogen-bond acceptors (Lipinski definition) is 6. The average Bonchev–Trinajstić information content (AvgIpc) is 3.20. The first kappa shape index (κ1) is 19.1. The zero-order valence-corrected chi connectivity index (χ0v) is 16.5. The molecule has 3 rings (SSSR count). The van der Waals surface area contributed by atoms with E-state index in [-0.39, 0.29) is 23.7 Å². The largest absolute Gasteiger partial charge is 0.466 e. The summed E-state index contributed by atoms with van der Waals surface area (Å²) in [6, 6.07) is 1.96. The summed E-state index contributed by atoms with van der Waals surface area (Å²) in [6.07, 6.45) is 0.742. The van der Waals surface area contributed by atoms with Crippen molar-refractivity contribution in [1.82, 2.24) is 19.8 Å². The number of hydrogen-bond donors (Lipinski definition) is 0. The highest BCUT2D eigenvalue weighted by Crippen LogP contribution is 2.40. The lowest BCUT2D eigenvalue weighted by Crippen LogP contribution is -2.34. The molecule has 2 heterocycles. The summed E-state index contributed by atoms with van der Waals surface area (Å²) in [6.45, 7) is 8.47. The molecule has 27 heavy (non-hydrogen) atoms. The van der Waals surface area contributed by atoms with Crippen LogP contribution in [0, 0.1) is 32.6 Å². The molecule has 1 fully saturated rings. The lowest BCUT2D eigenvalue weighted by Gasteiger charge is -2.22. The molecule has 0 spiro atoms. The van der Waals surface area contributed by atoms with E-state index in [0.29, 0.717) is 36.7 Å². The first-order valence-corrected chi connectivity index (χ1v) is 9.20. The second kappa shape index (κ2) is 7.54. The smallest absolute Gasteiger partial charge is 0.309 e. The zero-order chi connectivity index (χ0) is 19.7. The number of amides is 1. The monoisotopic (exact) mass is 374 g/mol. The van der Waals surface area contributed by atoms with Crippen LogP contribution in [0.25, 0.3) is 0 Å². The van der Waals surface area contributed by atoms with Crippen LogP contribution in [-0.4, -0.2) is 44.9 Å². The number of esters is 1. The van der Waals surface area contributed by atoms with Crippen LogP contribution in [0.3, 0.4) is 0 Å². The Bertz CT molecular complexity index is 815. The molecule has 1 aliphatic carbocycles. The quantitative estimate of drug-likeness (QED) is 0.690. The number of rotatable bonds is 7. The minimum absolute atomic E-state index is 0.110. The number of aromatic nitrogens is 3. The Hall–Kier alpha value is -2.64. The van der Waals surface area contributed by atoms with Crippen molar-refractivity contribution < 1.29 is 18.8 Å². The molecule has 0 unspecified atom stereocenters. The van der Waals surface area contributed by atoms with E-state index in [1.165, 1.54) is 0 Å². The second-order valence-electron chi connectivity index (χ2n) is 7.14. The highest BCUT2D eigenvalue weighted by Gasteiger charge is 2.45. The van der Waals surface area contributed by atoms with Crippen molar-refractivity contribution in [2.75, 3.05) is 13.2 Å². The SMILES string of the molecule is CCOC(=O)[C@H]1C[C@H]1CN(Cc1cc(C)n(C)n1)C(=O)c1c(C)noc1C. The van der Waals surface area contributed by atoms with Crippen LogP contribution in [0.1, 0.15) is 46.5 Å². The van der Waals surface area contributed by atoms with E-state index in [4.69, 9.17) is 9.26 Å². The molecule has 0 bridgehead atoms. The molecule has 8 nitrogen and oxygen atoms in total. The maximum atomic E-state index is 13.2. The fourth-order valence-corrected chi connectivity index (χ4v) is 3.34. The van der Waals surface area contributed by atoms with E-state index >= 15 is 0 Å². The van der Waals surface area contributed by atoms with Crippen LogP contribution in [-0.2, 0) is 23.1 Å². The summed E-state index contributed by atoms with van der Waals surface area (Å²) in [5.41, 5.74) is 2.88. The van der Waals surface area contributed by atoms with E-state index < -0.39 is 0 Å². The molecule has 2 aromatic heterocycles. The Morgan fingerprint density at radius 3 is 2.67 bits per heavy atom. The molecular formula is C19H26N4O4. The average molecular weight is 374 g/mol. The van der Waals surface area contributed by atoms with E-state index in [2.05, 4.69) is 10.3 Å².